The third-order valence-electron chi connectivity index (χ3n) is 4.21. The molecule has 0 aliphatic rings. The molecule has 11 N–H and O–H groups in total. The van der Waals surface area contributed by atoms with Crippen LogP contribution in [0.1, 0.15) is 39.5 Å². The second kappa shape index (κ2) is 13.9. The van der Waals surface area contributed by atoms with Gasteiger partial charge in [0.05, 0.1) is 19.1 Å². The van der Waals surface area contributed by atoms with E-state index in [0.29, 0.717) is 0 Å². The molecule has 4 unspecified atom stereocenters. The number of hydrogen-bond acceptors (Lipinski definition) is 8. The van der Waals surface area contributed by atoms with Gasteiger partial charge in [-0.3, -0.25) is 24.0 Å². The van der Waals surface area contributed by atoms with Gasteiger partial charge in [-0.2, -0.15) is 0 Å². The van der Waals surface area contributed by atoms with Crippen LogP contribution in [-0.2, 0) is 28.8 Å². The van der Waals surface area contributed by atoms with Crippen LogP contribution in [0, 0.1) is 5.92 Å². The zero-order valence-electron chi connectivity index (χ0n) is 18.0. The van der Waals surface area contributed by atoms with Crippen molar-refractivity contribution in [2.24, 2.45) is 23.1 Å². The van der Waals surface area contributed by atoms with Crippen LogP contribution in [0.4, 0.5) is 0 Å². The fourth-order valence-corrected chi connectivity index (χ4v) is 2.55. The Morgan fingerprint density at radius 1 is 0.812 bits per heavy atom. The molecule has 14 heteroatoms. The van der Waals surface area contributed by atoms with Crippen molar-refractivity contribution in [3.8, 4) is 0 Å². The molecule has 32 heavy (non-hydrogen) atoms. The maximum Gasteiger partial charge on any atom is 0.328 e. The molecule has 0 heterocycles. The molecule has 0 radical (unpaired) electrons. The van der Waals surface area contributed by atoms with Crippen LogP contribution in [-0.4, -0.2) is 76.5 Å². The first-order valence-electron chi connectivity index (χ1n) is 9.85. The Kier molecular flexibility index (Phi) is 12.5. The summed E-state index contributed by atoms with van der Waals surface area (Å²) in [6.45, 7) is 2.62. The number of amides is 5. The lowest BCUT2D eigenvalue weighted by Gasteiger charge is -2.25. The summed E-state index contributed by atoms with van der Waals surface area (Å²) in [5.74, 6) is -5.85. The predicted molar refractivity (Wildman–Crippen MR) is 110 cm³/mol. The van der Waals surface area contributed by atoms with Gasteiger partial charge in [0.2, 0.25) is 29.5 Å². The van der Waals surface area contributed by atoms with E-state index in [-0.39, 0.29) is 25.2 Å². The van der Waals surface area contributed by atoms with Gasteiger partial charge in [0, 0.05) is 6.42 Å². The number of aliphatic hydroxyl groups is 1. The van der Waals surface area contributed by atoms with E-state index >= 15 is 0 Å². The topological polar surface area (TPSA) is 257 Å². The monoisotopic (exact) mass is 460 g/mol. The van der Waals surface area contributed by atoms with Crippen molar-refractivity contribution in [2.45, 2.75) is 63.7 Å². The SMILES string of the molecule is CC(C)CC(NC(=O)C(N)CCC(N)=O)C(=O)NC(CC(N)=O)C(=O)NC(CO)C(=O)O. The van der Waals surface area contributed by atoms with Gasteiger partial charge < -0.3 is 43.4 Å². The Morgan fingerprint density at radius 2 is 1.31 bits per heavy atom. The van der Waals surface area contributed by atoms with Gasteiger partial charge in [0.25, 0.3) is 0 Å². The minimum absolute atomic E-state index is 0.0401. The summed E-state index contributed by atoms with van der Waals surface area (Å²) in [6, 6.07) is -5.48. The highest BCUT2D eigenvalue weighted by molar-refractivity contribution is 5.96. The molecule has 14 nitrogen and oxygen atoms in total. The zero-order chi connectivity index (χ0) is 25.0. The third-order valence-corrected chi connectivity index (χ3v) is 4.21. The fourth-order valence-electron chi connectivity index (χ4n) is 2.55. The molecular formula is C18H32N6O8. The number of rotatable bonds is 15. The average Bonchev–Trinajstić information content (AvgIpc) is 2.67. The summed E-state index contributed by atoms with van der Waals surface area (Å²) < 4.78 is 0. The first-order chi connectivity index (χ1) is 14.8. The van der Waals surface area contributed by atoms with Gasteiger partial charge in [0.1, 0.15) is 18.1 Å². The predicted octanol–water partition coefficient (Wildman–Crippen LogP) is -3.97. The van der Waals surface area contributed by atoms with Gasteiger partial charge in [-0.1, -0.05) is 13.8 Å². The molecule has 0 aromatic rings. The van der Waals surface area contributed by atoms with E-state index in [2.05, 4.69) is 10.6 Å². The van der Waals surface area contributed by atoms with Crippen molar-refractivity contribution in [1.82, 2.24) is 16.0 Å². The third kappa shape index (κ3) is 11.2. The number of aliphatic hydroxyl groups excluding tert-OH is 1. The summed E-state index contributed by atoms with van der Waals surface area (Å²) in [5, 5.41) is 24.7. The second-order valence-corrected chi connectivity index (χ2v) is 7.62. The maximum absolute atomic E-state index is 12.7. The average molecular weight is 460 g/mol. The molecule has 0 spiro atoms. The summed E-state index contributed by atoms with van der Waals surface area (Å²) in [7, 11) is 0. The molecule has 0 aromatic heterocycles. The normalized spacial score (nSPS) is 14.5. The Morgan fingerprint density at radius 3 is 1.75 bits per heavy atom. The van der Waals surface area contributed by atoms with Crippen LogP contribution in [0.5, 0.6) is 0 Å². The Hall–Kier alpha value is -3.26. The van der Waals surface area contributed by atoms with Gasteiger partial charge in [0.15, 0.2) is 0 Å². The highest BCUT2D eigenvalue weighted by Gasteiger charge is 2.31. The van der Waals surface area contributed by atoms with Crippen molar-refractivity contribution in [1.29, 1.82) is 0 Å². The van der Waals surface area contributed by atoms with Crippen LogP contribution in [0.2, 0.25) is 0 Å². The second-order valence-electron chi connectivity index (χ2n) is 7.62. The molecule has 5 amide bonds. The van der Waals surface area contributed by atoms with E-state index < -0.39 is 72.7 Å². The minimum atomic E-state index is -1.66. The number of hydrogen-bond donors (Lipinski definition) is 8. The first kappa shape index (κ1) is 28.7. The van der Waals surface area contributed by atoms with Crippen molar-refractivity contribution in [3.05, 3.63) is 0 Å². The molecule has 4 atom stereocenters. The number of primary amides is 2. The summed E-state index contributed by atoms with van der Waals surface area (Å²) in [6.07, 6.45) is -0.692. The molecule has 0 rings (SSSR count). The maximum atomic E-state index is 12.7. The van der Waals surface area contributed by atoms with E-state index in [9.17, 15) is 28.8 Å². The molecule has 0 bridgehead atoms. The highest BCUT2D eigenvalue weighted by atomic mass is 16.4. The largest absolute Gasteiger partial charge is 0.480 e. The van der Waals surface area contributed by atoms with Crippen LogP contribution >= 0.6 is 0 Å². The fraction of sp³-hybridized carbons (Fsp3) is 0.667. The first-order valence-corrected chi connectivity index (χ1v) is 9.85. The highest BCUT2D eigenvalue weighted by Crippen LogP contribution is 2.07. The van der Waals surface area contributed by atoms with Gasteiger partial charge >= 0.3 is 5.97 Å². The summed E-state index contributed by atoms with van der Waals surface area (Å²) in [4.78, 5) is 70.6. The molecule has 182 valence electrons. The quantitative estimate of drug-likeness (QED) is 0.118. The Bertz CT molecular complexity index is 714. The van der Waals surface area contributed by atoms with E-state index in [1.54, 1.807) is 13.8 Å². The van der Waals surface area contributed by atoms with Crippen LogP contribution in [0.3, 0.4) is 0 Å². The molecule has 0 saturated heterocycles. The molecular weight excluding hydrogens is 428 g/mol. The molecule has 0 fully saturated rings. The van der Waals surface area contributed by atoms with E-state index in [0.717, 1.165) is 0 Å². The zero-order valence-corrected chi connectivity index (χ0v) is 18.0. The number of carboxylic acid groups (broad SMARTS) is 1. The number of aliphatic carboxylic acids is 1. The minimum Gasteiger partial charge on any atom is -0.480 e. The molecule has 0 aromatic carbocycles. The van der Waals surface area contributed by atoms with E-state index in [1.165, 1.54) is 0 Å². The van der Waals surface area contributed by atoms with Crippen LogP contribution < -0.4 is 33.2 Å². The lowest BCUT2D eigenvalue weighted by atomic mass is 10.0. The lowest BCUT2D eigenvalue weighted by molar-refractivity contribution is -0.143. The van der Waals surface area contributed by atoms with Crippen molar-refractivity contribution in [3.63, 3.8) is 0 Å². The van der Waals surface area contributed by atoms with Crippen molar-refractivity contribution in [2.75, 3.05) is 6.61 Å². The number of carboxylic acids is 1. The van der Waals surface area contributed by atoms with E-state index in [1.807, 2.05) is 5.32 Å². The molecule has 0 saturated carbocycles. The van der Waals surface area contributed by atoms with E-state index in [4.69, 9.17) is 27.4 Å². The van der Waals surface area contributed by atoms with Crippen LogP contribution in [0.25, 0.3) is 0 Å². The Balaban J connectivity index is 5.41. The standard InChI is InChI=1S/C18H32N6O8/c1-8(2)5-10(22-15(28)9(19)3-4-13(20)26)16(29)23-11(6-14(21)27)17(30)24-12(7-25)18(31)32/h8-12,25H,3-7,19H2,1-2H3,(H2,20,26)(H2,21,27)(H,22,28)(H,23,29)(H,24,30)(H,31,32). The van der Waals surface area contributed by atoms with Gasteiger partial charge in [-0.15, -0.1) is 0 Å². The Labute approximate surface area is 184 Å². The van der Waals surface area contributed by atoms with Crippen molar-refractivity contribution < 1.29 is 39.0 Å². The number of nitrogens with one attached hydrogen (secondary N) is 3. The molecule has 0 aliphatic carbocycles. The molecule has 0 aliphatic heterocycles. The van der Waals surface area contributed by atoms with Crippen molar-refractivity contribution >= 4 is 35.5 Å². The lowest BCUT2D eigenvalue weighted by Crippen LogP contribution is -2.58. The van der Waals surface area contributed by atoms with Gasteiger partial charge in [-0.25, -0.2) is 4.79 Å². The number of carbonyl (C=O) groups excluding carboxylic acids is 5. The smallest absolute Gasteiger partial charge is 0.328 e. The summed E-state index contributed by atoms with van der Waals surface area (Å²) in [5.41, 5.74) is 15.8. The summed E-state index contributed by atoms with van der Waals surface area (Å²) >= 11 is 0. The number of carbonyl (C=O) groups is 6. The number of nitrogens with two attached hydrogens (primary N) is 3. The van der Waals surface area contributed by atoms with Gasteiger partial charge in [-0.05, 0) is 18.8 Å². The van der Waals surface area contributed by atoms with Crippen LogP contribution in [0.15, 0.2) is 0 Å².